The van der Waals surface area contributed by atoms with E-state index in [0.29, 0.717) is 3.17 Å². The standard InChI is InChI=1S/C9H13.In/c1-6-5-7(2)9(4)8(6)3;/h5H,1-4H3;. The SMILES string of the molecule is CC1=C[C](C)([In])C(C)=C1C. The molecule has 1 heteroatoms. The molecular formula is C9H13In. The molecule has 0 saturated heterocycles. The number of hydrogen-bond acceptors (Lipinski definition) is 0. The molecule has 0 fully saturated rings. The van der Waals surface area contributed by atoms with Crippen LogP contribution >= 0.6 is 0 Å². The van der Waals surface area contributed by atoms with E-state index in [1.807, 2.05) is 0 Å². The predicted octanol–water partition coefficient (Wildman–Crippen LogP) is 2.63. The molecule has 2 radical (unpaired) electrons. The van der Waals surface area contributed by atoms with Gasteiger partial charge in [-0.25, -0.2) is 0 Å². The van der Waals surface area contributed by atoms with E-state index < -0.39 is 0 Å². The first-order valence-electron chi connectivity index (χ1n) is 3.62. The molecule has 0 aromatic rings. The van der Waals surface area contributed by atoms with Crippen LogP contribution in [0.2, 0.25) is 3.17 Å². The first kappa shape index (κ1) is 8.45. The van der Waals surface area contributed by atoms with Gasteiger partial charge in [-0.2, -0.15) is 0 Å². The molecule has 1 atom stereocenters. The molecule has 0 N–H and O–H groups in total. The maximum absolute atomic E-state index is 2.40. The van der Waals surface area contributed by atoms with Crippen molar-refractivity contribution in [3.05, 3.63) is 22.8 Å². The van der Waals surface area contributed by atoms with Gasteiger partial charge >= 0.3 is 78.0 Å². The van der Waals surface area contributed by atoms with E-state index in [9.17, 15) is 0 Å². The molecular weight excluding hydrogens is 223 g/mol. The van der Waals surface area contributed by atoms with Crippen LogP contribution in [-0.4, -0.2) is 24.4 Å². The van der Waals surface area contributed by atoms with Gasteiger partial charge in [-0.15, -0.1) is 0 Å². The van der Waals surface area contributed by atoms with Crippen molar-refractivity contribution in [2.45, 2.75) is 30.9 Å². The van der Waals surface area contributed by atoms with Crippen molar-refractivity contribution >= 4 is 24.4 Å². The average molecular weight is 236 g/mol. The van der Waals surface area contributed by atoms with Gasteiger partial charge in [0, 0.05) is 0 Å². The summed E-state index contributed by atoms with van der Waals surface area (Å²) in [6, 6.07) is 0. The fourth-order valence-corrected chi connectivity index (χ4v) is 2.70. The number of hydrogen-bond donors (Lipinski definition) is 0. The molecule has 0 spiro atoms. The third-order valence-electron chi connectivity index (χ3n) is 2.48. The molecule has 10 heavy (non-hydrogen) atoms. The van der Waals surface area contributed by atoms with Crippen LogP contribution < -0.4 is 0 Å². The van der Waals surface area contributed by atoms with Gasteiger partial charge in [-0.3, -0.25) is 0 Å². The van der Waals surface area contributed by atoms with Crippen molar-refractivity contribution in [3.63, 3.8) is 0 Å². The van der Waals surface area contributed by atoms with Crippen LogP contribution in [-0.2, 0) is 0 Å². The van der Waals surface area contributed by atoms with E-state index >= 15 is 0 Å². The topological polar surface area (TPSA) is 0 Å². The Morgan fingerprint density at radius 1 is 1.30 bits per heavy atom. The van der Waals surface area contributed by atoms with Gasteiger partial charge in [0.05, 0.1) is 0 Å². The summed E-state index contributed by atoms with van der Waals surface area (Å²) < 4.78 is 0.444. The minimum atomic E-state index is 0.444. The van der Waals surface area contributed by atoms with Crippen molar-refractivity contribution < 1.29 is 0 Å². The van der Waals surface area contributed by atoms with Crippen LogP contribution in [0.4, 0.5) is 0 Å². The Hall–Kier alpha value is 0.350. The number of rotatable bonds is 0. The molecule has 1 rings (SSSR count). The second-order valence-electron chi connectivity index (χ2n) is 3.36. The Labute approximate surface area is 78.0 Å². The molecule has 52 valence electrons. The predicted molar refractivity (Wildman–Crippen MR) is 46.3 cm³/mol. The molecule has 1 aliphatic rings. The molecule has 0 amide bonds. The van der Waals surface area contributed by atoms with Crippen molar-refractivity contribution in [3.8, 4) is 0 Å². The molecule has 1 unspecified atom stereocenters. The zero-order chi connectivity index (χ0) is 7.94. The van der Waals surface area contributed by atoms with E-state index in [-0.39, 0.29) is 0 Å². The van der Waals surface area contributed by atoms with Gasteiger partial charge in [-0.05, 0) is 0 Å². The Bertz CT molecular complexity index is 219. The zero-order valence-electron chi connectivity index (χ0n) is 7.15. The summed E-state index contributed by atoms with van der Waals surface area (Å²) in [4.78, 5) is 0. The van der Waals surface area contributed by atoms with Gasteiger partial charge in [-0.1, -0.05) is 0 Å². The fraction of sp³-hybridized carbons (Fsp3) is 0.556. The van der Waals surface area contributed by atoms with Crippen molar-refractivity contribution in [1.29, 1.82) is 0 Å². The minimum absolute atomic E-state index is 0.444. The quantitative estimate of drug-likeness (QED) is 0.606. The molecule has 0 aromatic heterocycles. The summed E-state index contributed by atoms with van der Waals surface area (Å²) in [6.45, 7) is 9.01. The molecule has 0 nitrogen and oxygen atoms in total. The Morgan fingerprint density at radius 3 is 1.90 bits per heavy atom. The summed E-state index contributed by atoms with van der Waals surface area (Å²) in [5.74, 6) is 0. The first-order chi connectivity index (χ1) is 4.45. The van der Waals surface area contributed by atoms with Gasteiger partial charge in [0.15, 0.2) is 0 Å². The molecule has 0 aromatic carbocycles. The Balaban J connectivity index is 3.12. The third kappa shape index (κ3) is 1.20. The summed E-state index contributed by atoms with van der Waals surface area (Å²) in [6.07, 6.45) is 2.40. The molecule has 0 heterocycles. The van der Waals surface area contributed by atoms with Gasteiger partial charge in [0.25, 0.3) is 0 Å². The maximum atomic E-state index is 2.40. The number of allylic oxidation sites excluding steroid dienone is 4. The van der Waals surface area contributed by atoms with Crippen LogP contribution in [0.1, 0.15) is 27.7 Å². The summed E-state index contributed by atoms with van der Waals surface area (Å²) in [7, 11) is 0. The second kappa shape index (κ2) is 2.44. The van der Waals surface area contributed by atoms with Crippen molar-refractivity contribution in [2.75, 3.05) is 0 Å². The Morgan fingerprint density at radius 2 is 1.80 bits per heavy atom. The van der Waals surface area contributed by atoms with Crippen molar-refractivity contribution in [1.82, 2.24) is 0 Å². The van der Waals surface area contributed by atoms with E-state index in [1.165, 1.54) is 35.5 Å². The monoisotopic (exact) mass is 236 g/mol. The molecule has 0 aliphatic heterocycles. The summed E-state index contributed by atoms with van der Waals surface area (Å²) in [5.41, 5.74) is 4.56. The first-order valence-corrected chi connectivity index (χ1v) is 5.26. The molecule has 0 saturated carbocycles. The Kier molecular flexibility index (Phi) is 2.06. The van der Waals surface area contributed by atoms with E-state index in [1.54, 1.807) is 5.57 Å². The van der Waals surface area contributed by atoms with Gasteiger partial charge < -0.3 is 0 Å². The molecule has 0 bridgehead atoms. The van der Waals surface area contributed by atoms with Crippen LogP contribution in [0.5, 0.6) is 0 Å². The van der Waals surface area contributed by atoms with Crippen LogP contribution in [0.25, 0.3) is 0 Å². The summed E-state index contributed by atoms with van der Waals surface area (Å²) >= 11 is 1.30. The van der Waals surface area contributed by atoms with Crippen LogP contribution in [0.3, 0.4) is 0 Å². The normalized spacial score (nSPS) is 33.0. The van der Waals surface area contributed by atoms with Gasteiger partial charge in [0.1, 0.15) is 0 Å². The van der Waals surface area contributed by atoms with E-state index in [4.69, 9.17) is 0 Å². The third-order valence-corrected chi connectivity index (χ3v) is 4.19. The van der Waals surface area contributed by atoms with Gasteiger partial charge in [0.2, 0.25) is 0 Å². The van der Waals surface area contributed by atoms with E-state index in [0.717, 1.165) is 0 Å². The fourth-order valence-electron chi connectivity index (χ4n) is 1.37. The zero-order valence-corrected chi connectivity index (χ0v) is 10.5. The molecule has 1 aliphatic carbocycles. The average Bonchev–Trinajstić information content (AvgIpc) is 1.95. The van der Waals surface area contributed by atoms with Crippen LogP contribution in [0.15, 0.2) is 22.8 Å². The van der Waals surface area contributed by atoms with Crippen molar-refractivity contribution in [2.24, 2.45) is 0 Å². The summed E-state index contributed by atoms with van der Waals surface area (Å²) in [5, 5.41) is 0. The second-order valence-corrected chi connectivity index (χ2v) is 6.78. The van der Waals surface area contributed by atoms with E-state index in [2.05, 4.69) is 33.8 Å². The van der Waals surface area contributed by atoms with Crippen LogP contribution in [0, 0.1) is 0 Å².